The molecule has 1 aromatic carbocycles. The van der Waals surface area contributed by atoms with Crippen LogP contribution in [0, 0.1) is 5.82 Å². The van der Waals surface area contributed by atoms with Gasteiger partial charge in [0.1, 0.15) is 5.82 Å². The third-order valence-corrected chi connectivity index (χ3v) is 4.96. The summed E-state index contributed by atoms with van der Waals surface area (Å²) in [7, 11) is 0. The molecule has 2 aliphatic rings. The van der Waals surface area contributed by atoms with Crippen LogP contribution >= 0.6 is 15.9 Å². The van der Waals surface area contributed by atoms with E-state index in [2.05, 4.69) is 25.7 Å². The normalized spacial score (nSPS) is 24.3. The lowest BCUT2D eigenvalue weighted by atomic mass is 10.1. The zero-order chi connectivity index (χ0) is 13.2. The Morgan fingerprint density at radius 1 is 1.21 bits per heavy atom. The fourth-order valence-electron chi connectivity index (χ4n) is 3.32. The maximum atomic E-state index is 14.2. The number of hydrogen-bond acceptors (Lipinski definition) is 2. The molecule has 2 saturated heterocycles. The molecule has 2 fully saturated rings. The van der Waals surface area contributed by atoms with Gasteiger partial charge in [-0.05, 0) is 43.5 Å². The quantitative estimate of drug-likeness (QED) is 0.768. The van der Waals surface area contributed by atoms with E-state index < -0.39 is 0 Å². The molecule has 2 aliphatic heterocycles. The summed E-state index contributed by atoms with van der Waals surface area (Å²) in [6.45, 7) is 4.34. The topological polar surface area (TPSA) is 6.48 Å². The highest BCUT2D eigenvalue weighted by molar-refractivity contribution is 9.08. The van der Waals surface area contributed by atoms with Gasteiger partial charge in [-0.25, -0.2) is 4.39 Å². The van der Waals surface area contributed by atoms with Gasteiger partial charge >= 0.3 is 0 Å². The summed E-state index contributed by atoms with van der Waals surface area (Å²) in [5.74, 6) is -0.0802. The van der Waals surface area contributed by atoms with Crippen molar-refractivity contribution in [1.82, 2.24) is 4.90 Å². The summed E-state index contributed by atoms with van der Waals surface area (Å²) in [6, 6.07) is 6.24. The number of halogens is 2. The van der Waals surface area contributed by atoms with Crippen LogP contribution in [0.1, 0.15) is 24.8 Å². The van der Waals surface area contributed by atoms with Crippen molar-refractivity contribution in [2.75, 3.05) is 31.1 Å². The molecule has 19 heavy (non-hydrogen) atoms. The van der Waals surface area contributed by atoms with Crippen LogP contribution in [0.4, 0.5) is 10.1 Å². The number of anilines is 1. The molecule has 1 aromatic rings. The van der Waals surface area contributed by atoms with Gasteiger partial charge in [-0.3, -0.25) is 4.90 Å². The summed E-state index contributed by atoms with van der Waals surface area (Å²) in [5.41, 5.74) is 1.78. The van der Waals surface area contributed by atoms with Crippen molar-refractivity contribution in [3.05, 3.63) is 29.6 Å². The minimum atomic E-state index is -0.0802. The first kappa shape index (κ1) is 13.4. The molecular weight excluding hydrogens is 307 g/mol. The van der Waals surface area contributed by atoms with Crippen molar-refractivity contribution >= 4 is 21.6 Å². The Hall–Kier alpha value is -0.610. The third kappa shape index (κ3) is 2.79. The molecule has 0 aliphatic carbocycles. The Morgan fingerprint density at radius 2 is 2.05 bits per heavy atom. The van der Waals surface area contributed by atoms with E-state index in [0.717, 1.165) is 30.8 Å². The Bertz CT molecular complexity index is 452. The Kier molecular flexibility index (Phi) is 4.08. The van der Waals surface area contributed by atoms with Crippen LogP contribution in [0.25, 0.3) is 0 Å². The third-order valence-electron chi connectivity index (χ3n) is 4.31. The fraction of sp³-hybridized carbons (Fsp3) is 0.600. The molecule has 0 saturated carbocycles. The van der Waals surface area contributed by atoms with Crippen molar-refractivity contribution in [3.63, 3.8) is 0 Å². The molecule has 104 valence electrons. The van der Waals surface area contributed by atoms with E-state index in [1.165, 1.54) is 25.9 Å². The van der Waals surface area contributed by atoms with Gasteiger partial charge in [0.15, 0.2) is 0 Å². The van der Waals surface area contributed by atoms with Crippen LogP contribution < -0.4 is 4.90 Å². The lowest BCUT2D eigenvalue weighted by Gasteiger charge is -2.27. The monoisotopic (exact) mass is 326 g/mol. The smallest absolute Gasteiger partial charge is 0.146 e. The molecule has 3 rings (SSSR count). The zero-order valence-electron chi connectivity index (χ0n) is 11.1. The van der Waals surface area contributed by atoms with Crippen molar-refractivity contribution in [3.8, 4) is 0 Å². The van der Waals surface area contributed by atoms with Crippen LogP contribution in [0.2, 0.25) is 0 Å². The molecule has 0 bridgehead atoms. The van der Waals surface area contributed by atoms with E-state index in [9.17, 15) is 4.39 Å². The SMILES string of the molecule is Fc1cc(CBr)ccc1N1CCCN2CCCC2C1. The first-order valence-electron chi connectivity index (χ1n) is 7.11. The second-order valence-corrected chi connectivity index (χ2v) is 6.11. The minimum Gasteiger partial charge on any atom is -0.368 e. The van der Waals surface area contributed by atoms with Crippen LogP contribution in [-0.2, 0) is 5.33 Å². The molecule has 4 heteroatoms. The molecule has 0 spiro atoms. The molecule has 2 heterocycles. The number of benzene rings is 1. The average molecular weight is 327 g/mol. The van der Waals surface area contributed by atoms with Gasteiger partial charge < -0.3 is 4.90 Å². The van der Waals surface area contributed by atoms with E-state index in [1.54, 1.807) is 6.07 Å². The minimum absolute atomic E-state index is 0.0802. The molecule has 0 amide bonds. The van der Waals surface area contributed by atoms with Gasteiger partial charge in [0.2, 0.25) is 0 Å². The molecule has 0 radical (unpaired) electrons. The second kappa shape index (κ2) is 5.80. The highest BCUT2D eigenvalue weighted by atomic mass is 79.9. The average Bonchev–Trinajstić information content (AvgIpc) is 2.76. The summed E-state index contributed by atoms with van der Waals surface area (Å²) < 4.78 is 14.2. The van der Waals surface area contributed by atoms with E-state index >= 15 is 0 Å². The first-order chi connectivity index (χ1) is 9.28. The summed E-state index contributed by atoms with van der Waals surface area (Å²) in [6.07, 6.45) is 3.69. The number of hydrogen-bond donors (Lipinski definition) is 0. The van der Waals surface area contributed by atoms with Crippen molar-refractivity contribution in [2.24, 2.45) is 0 Å². The Labute approximate surface area is 122 Å². The van der Waals surface area contributed by atoms with Crippen LogP contribution in [0.15, 0.2) is 18.2 Å². The second-order valence-electron chi connectivity index (χ2n) is 5.55. The molecule has 1 atom stereocenters. The number of alkyl halides is 1. The van der Waals surface area contributed by atoms with E-state index in [-0.39, 0.29) is 5.82 Å². The lowest BCUT2D eigenvalue weighted by molar-refractivity contribution is 0.273. The van der Waals surface area contributed by atoms with Gasteiger partial charge in [-0.1, -0.05) is 22.0 Å². The fourth-order valence-corrected chi connectivity index (χ4v) is 3.66. The summed E-state index contributed by atoms with van der Waals surface area (Å²) >= 11 is 3.37. The standard InChI is InChI=1S/C15H20BrFN2/c16-10-12-4-5-15(14(17)9-12)19-8-2-7-18-6-1-3-13(18)11-19/h4-5,9,13H,1-3,6-8,10-11H2. The van der Waals surface area contributed by atoms with Gasteiger partial charge in [-0.2, -0.15) is 0 Å². The van der Waals surface area contributed by atoms with Crippen LogP contribution in [0.3, 0.4) is 0 Å². The molecule has 0 aromatic heterocycles. The van der Waals surface area contributed by atoms with E-state index in [1.807, 2.05) is 12.1 Å². The van der Waals surface area contributed by atoms with E-state index in [0.29, 0.717) is 11.4 Å². The van der Waals surface area contributed by atoms with E-state index in [4.69, 9.17) is 0 Å². The summed E-state index contributed by atoms with van der Waals surface area (Å²) in [5, 5.41) is 0.709. The highest BCUT2D eigenvalue weighted by Gasteiger charge is 2.29. The zero-order valence-corrected chi connectivity index (χ0v) is 12.7. The molecule has 2 nitrogen and oxygen atoms in total. The molecule has 1 unspecified atom stereocenters. The summed E-state index contributed by atoms with van der Waals surface area (Å²) in [4.78, 5) is 4.81. The number of rotatable bonds is 2. The Morgan fingerprint density at radius 3 is 2.84 bits per heavy atom. The number of fused-ring (bicyclic) bond motifs is 1. The van der Waals surface area contributed by atoms with Crippen LogP contribution in [-0.4, -0.2) is 37.1 Å². The van der Waals surface area contributed by atoms with Gasteiger partial charge in [0.05, 0.1) is 5.69 Å². The van der Waals surface area contributed by atoms with Crippen molar-refractivity contribution in [2.45, 2.75) is 30.6 Å². The Balaban J connectivity index is 1.80. The number of nitrogens with zero attached hydrogens (tertiary/aromatic N) is 2. The predicted molar refractivity (Wildman–Crippen MR) is 80.5 cm³/mol. The maximum Gasteiger partial charge on any atom is 0.146 e. The van der Waals surface area contributed by atoms with Crippen LogP contribution in [0.5, 0.6) is 0 Å². The highest BCUT2D eigenvalue weighted by Crippen LogP contribution is 2.27. The van der Waals surface area contributed by atoms with Gasteiger partial charge in [0.25, 0.3) is 0 Å². The molecular formula is C15H20BrFN2. The molecule has 0 N–H and O–H groups in total. The van der Waals surface area contributed by atoms with Gasteiger partial charge in [-0.15, -0.1) is 0 Å². The van der Waals surface area contributed by atoms with Crippen molar-refractivity contribution in [1.29, 1.82) is 0 Å². The predicted octanol–water partition coefficient (Wildman–Crippen LogP) is 3.40. The largest absolute Gasteiger partial charge is 0.368 e. The first-order valence-corrected chi connectivity index (χ1v) is 8.23. The van der Waals surface area contributed by atoms with Gasteiger partial charge in [0, 0.05) is 31.0 Å². The lowest BCUT2D eigenvalue weighted by Crippen LogP contribution is -2.36. The van der Waals surface area contributed by atoms with Crippen molar-refractivity contribution < 1.29 is 4.39 Å². The maximum absolute atomic E-state index is 14.2.